The van der Waals surface area contributed by atoms with Gasteiger partial charge in [-0.2, -0.15) is 13.2 Å². The lowest BCUT2D eigenvalue weighted by atomic mass is 10.1. The molecule has 3 nitrogen and oxygen atoms in total. The van der Waals surface area contributed by atoms with Crippen molar-refractivity contribution in [1.82, 2.24) is 3.97 Å². The van der Waals surface area contributed by atoms with Crippen molar-refractivity contribution >= 4 is 21.6 Å². The third kappa shape index (κ3) is 3.43. The summed E-state index contributed by atoms with van der Waals surface area (Å²) in [5, 5.41) is 0.0999. The van der Waals surface area contributed by atoms with Crippen molar-refractivity contribution in [3.63, 3.8) is 0 Å². The molecule has 0 N–H and O–H groups in total. The highest BCUT2D eigenvalue weighted by Gasteiger charge is 2.31. The Hall–Kier alpha value is -2.25. The largest absolute Gasteiger partial charge is 0.416 e. The molecule has 0 aliphatic rings. The van der Waals surface area contributed by atoms with Gasteiger partial charge in [0.1, 0.15) is 0 Å². The van der Waals surface area contributed by atoms with E-state index in [1.54, 1.807) is 18.2 Å². The molecule has 0 aliphatic carbocycles. The van der Waals surface area contributed by atoms with Crippen molar-refractivity contribution in [3.05, 3.63) is 77.6 Å². The summed E-state index contributed by atoms with van der Waals surface area (Å²) in [5.41, 5.74) is -0.473. The minimum Gasteiger partial charge on any atom is -0.248 e. The van der Waals surface area contributed by atoms with Crippen LogP contribution >= 0.6 is 11.6 Å². The Morgan fingerprint density at radius 3 is 2.28 bits per heavy atom. The van der Waals surface area contributed by atoms with Crippen molar-refractivity contribution in [2.24, 2.45) is 0 Å². The van der Waals surface area contributed by atoms with Gasteiger partial charge in [0, 0.05) is 28.5 Å². The fourth-order valence-electron chi connectivity index (χ4n) is 2.32. The van der Waals surface area contributed by atoms with E-state index in [1.165, 1.54) is 30.6 Å². The van der Waals surface area contributed by atoms with E-state index >= 15 is 0 Å². The maximum absolute atomic E-state index is 12.9. The van der Waals surface area contributed by atoms with Crippen molar-refractivity contribution in [2.45, 2.75) is 11.1 Å². The van der Waals surface area contributed by atoms with Crippen LogP contribution in [0.2, 0.25) is 5.02 Å². The smallest absolute Gasteiger partial charge is 0.248 e. The van der Waals surface area contributed by atoms with Gasteiger partial charge in [-0.05, 0) is 36.4 Å². The lowest BCUT2D eigenvalue weighted by molar-refractivity contribution is -0.137. The zero-order chi connectivity index (χ0) is 18.2. The molecule has 2 aromatic carbocycles. The summed E-state index contributed by atoms with van der Waals surface area (Å²) in [4.78, 5) is 0.0762. The topological polar surface area (TPSA) is 39.1 Å². The fraction of sp³-hybridized carbons (Fsp3) is 0.0588. The molecular formula is C17H11ClF3NO2S. The highest BCUT2D eigenvalue weighted by Crippen LogP contribution is 2.36. The van der Waals surface area contributed by atoms with E-state index in [0.717, 1.165) is 22.2 Å². The number of aromatic nitrogens is 1. The predicted octanol–water partition coefficient (Wildman–Crippen LogP) is 5.06. The Kier molecular flexibility index (Phi) is 4.38. The Morgan fingerprint density at radius 2 is 1.64 bits per heavy atom. The molecule has 130 valence electrons. The van der Waals surface area contributed by atoms with E-state index < -0.39 is 21.8 Å². The lowest BCUT2D eigenvalue weighted by Crippen LogP contribution is -2.10. The maximum atomic E-state index is 12.9. The van der Waals surface area contributed by atoms with E-state index in [0.29, 0.717) is 0 Å². The van der Waals surface area contributed by atoms with Crippen LogP contribution in [0.25, 0.3) is 11.1 Å². The second-order valence-corrected chi connectivity index (χ2v) is 7.49. The summed E-state index contributed by atoms with van der Waals surface area (Å²) < 4.78 is 64.7. The summed E-state index contributed by atoms with van der Waals surface area (Å²) >= 11 is 6.00. The molecule has 0 unspecified atom stereocenters. The Balaban J connectivity index is 2.06. The zero-order valence-electron chi connectivity index (χ0n) is 12.5. The number of benzene rings is 2. The molecule has 8 heteroatoms. The number of alkyl halides is 3. The molecule has 0 saturated heterocycles. The number of rotatable bonds is 3. The van der Waals surface area contributed by atoms with Gasteiger partial charge in [0.25, 0.3) is 10.0 Å². The van der Waals surface area contributed by atoms with E-state index in [4.69, 9.17) is 11.6 Å². The molecule has 0 bridgehead atoms. The standard InChI is InChI=1S/C17H11ClF3NO2S/c18-16-7-6-13(17(19,20)21)10-15(16)12-8-9-22(11-12)25(23,24)14-4-2-1-3-5-14/h1-11H. The molecule has 0 saturated carbocycles. The predicted molar refractivity (Wildman–Crippen MR) is 88.9 cm³/mol. The molecule has 1 heterocycles. The lowest BCUT2D eigenvalue weighted by Gasteiger charge is -2.10. The summed E-state index contributed by atoms with van der Waals surface area (Å²) in [6, 6.07) is 12.0. The Bertz CT molecular complexity index is 1010. The SMILES string of the molecule is O=S(=O)(c1ccccc1)n1ccc(-c2cc(C(F)(F)F)ccc2Cl)c1. The van der Waals surface area contributed by atoms with Crippen LogP contribution in [0.15, 0.2) is 71.9 Å². The van der Waals surface area contributed by atoms with Gasteiger partial charge in [0.15, 0.2) is 0 Å². The third-order valence-corrected chi connectivity index (χ3v) is 5.57. The Labute approximate surface area is 147 Å². The van der Waals surface area contributed by atoms with Crippen LogP contribution in [0, 0.1) is 0 Å². The number of halogens is 4. The third-order valence-electron chi connectivity index (χ3n) is 3.59. The maximum Gasteiger partial charge on any atom is 0.416 e. The van der Waals surface area contributed by atoms with Crippen molar-refractivity contribution in [3.8, 4) is 11.1 Å². The van der Waals surface area contributed by atoms with Gasteiger partial charge in [0.05, 0.1) is 10.5 Å². The Morgan fingerprint density at radius 1 is 0.960 bits per heavy atom. The molecular weight excluding hydrogens is 375 g/mol. The summed E-state index contributed by atoms with van der Waals surface area (Å²) in [7, 11) is -3.83. The van der Waals surface area contributed by atoms with Crippen molar-refractivity contribution in [1.29, 1.82) is 0 Å². The minimum absolute atomic E-state index is 0.0762. The molecule has 3 rings (SSSR count). The van der Waals surface area contributed by atoms with Gasteiger partial charge in [0.2, 0.25) is 0 Å². The van der Waals surface area contributed by atoms with Crippen molar-refractivity contribution < 1.29 is 21.6 Å². The van der Waals surface area contributed by atoms with Crippen LogP contribution in [0.5, 0.6) is 0 Å². The van der Waals surface area contributed by atoms with Gasteiger partial charge in [-0.25, -0.2) is 12.4 Å². The molecule has 0 fully saturated rings. The van der Waals surface area contributed by atoms with Gasteiger partial charge < -0.3 is 0 Å². The van der Waals surface area contributed by atoms with E-state index in [2.05, 4.69) is 0 Å². The summed E-state index contributed by atoms with van der Waals surface area (Å²) in [6.07, 6.45) is -2.00. The van der Waals surface area contributed by atoms with Gasteiger partial charge >= 0.3 is 6.18 Å². The van der Waals surface area contributed by atoms with Gasteiger partial charge in [-0.3, -0.25) is 0 Å². The first-order valence-electron chi connectivity index (χ1n) is 7.05. The van der Waals surface area contributed by atoms with Crippen LogP contribution in [-0.4, -0.2) is 12.4 Å². The van der Waals surface area contributed by atoms with Crippen LogP contribution in [0.4, 0.5) is 13.2 Å². The first kappa shape index (κ1) is 17.6. The molecule has 1 aromatic heterocycles. The van der Waals surface area contributed by atoms with Crippen LogP contribution < -0.4 is 0 Å². The highest BCUT2D eigenvalue weighted by molar-refractivity contribution is 7.90. The summed E-state index contributed by atoms with van der Waals surface area (Å²) in [6.45, 7) is 0. The quantitative estimate of drug-likeness (QED) is 0.631. The van der Waals surface area contributed by atoms with E-state index in [9.17, 15) is 21.6 Å². The highest BCUT2D eigenvalue weighted by atomic mass is 35.5. The number of hydrogen-bond acceptors (Lipinski definition) is 2. The monoisotopic (exact) mass is 385 g/mol. The zero-order valence-corrected chi connectivity index (χ0v) is 14.1. The average Bonchev–Trinajstić information content (AvgIpc) is 3.05. The molecule has 0 radical (unpaired) electrons. The van der Waals surface area contributed by atoms with Gasteiger partial charge in [-0.1, -0.05) is 29.8 Å². The van der Waals surface area contributed by atoms with Crippen molar-refractivity contribution in [2.75, 3.05) is 0 Å². The van der Waals surface area contributed by atoms with Crippen LogP contribution in [0.1, 0.15) is 5.56 Å². The normalized spacial score (nSPS) is 12.3. The minimum atomic E-state index is -4.52. The first-order valence-corrected chi connectivity index (χ1v) is 8.87. The number of hydrogen-bond donors (Lipinski definition) is 0. The van der Waals surface area contributed by atoms with Crippen LogP contribution in [0.3, 0.4) is 0 Å². The molecule has 0 spiro atoms. The first-order chi connectivity index (χ1) is 11.7. The molecule has 25 heavy (non-hydrogen) atoms. The average molecular weight is 386 g/mol. The van der Waals surface area contributed by atoms with Gasteiger partial charge in [-0.15, -0.1) is 0 Å². The fourth-order valence-corrected chi connectivity index (χ4v) is 3.77. The van der Waals surface area contributed by atoms with E-state index in [-0.39, 0.29) is 21.0 Å². The number of nitrogens with zero attached hydrogens (tertiary/aromatic N) is 1. The molecule has 0 amide bonds. The van der Waals surface area contributed by atoms with Crippen LogP contribution in [-0.2, 0) is 16.2 Å². The second kappa shape index (κ2) is 6.24. The second-order valence-electron chi connectivity index (χ2n) is 5.24. The summed E-state index contributed by atoms with van der Waals surface area (Å²) in [5.74, 6) is 0. The molecule has 0 atom stereocenters. The molecule has 3 aromatic rings. The van der Waals surface area contributed by atoms with E-state index in [1.807, 2.05) is 0 Å². The molecule has 0 aliphatic heterocycles.